The molecule has 1 aromatic heterocycles. The summed E-state index contributed by atoms with van der Waals surface area (Å²) in [6.45, 7) is 1.58. The zero-order valence-corrected chi connectivity index (χ0v) is 11.4. The fraction of sp³-hybridized carbons (Fsp3) is 0.267. The molecular weight excluding hydrogens is 258 g/mol. The van der Waals surface area contributed by atoms with Crippen molar-refractivity contribution < 1.29 is 19.7 Å². The van der Waals surface area contributed by atoms with E-state index in [-0.39, 0.29) is 6.61 Å². The minimum Gasteiger partial charge on any atom is -0.493 e. The molecular formula is C15H17NO4. The monoisotopic (exact) mass is 275 g/mol. The largest absolute Gasteiger partial charge is 0.493 e. The van der Waals surface area contributed by atoms with Gasteiger partial charge in [0.05, 0.1) is 19.8 Å². The number of aliphatic hydroxyl groups is 2. The fourth-order valence-corrected chi connectivity index (χ4v) is 1.81. The molecule has 1 atom stereocenters. The number of benzene rings is 1. The summed E-state index contributed by atoms with van der Waals surface area (Å²) in [6, 6.07) is 8.62. The van der Waals surface area contributed by atoms with Crippen molar-refractivity contribution in [1.82, 2.24) is 4.98 Å². The van der Waals surface area contributed by atoms with Crippen molar-refractivity contribution in [3.8, 4) is 17.4 Å². The highest BCUT2D eigenvalue weighted by atomic mass is 16.5. The summed E-state index contributed by atoms with van der Waals surface area (Å²) in [5.41, 5.74) is 1.33. The molecule has 0 radical (unpaired) electrons. The van der Waals surface area contributed by atoms with Crippen molar-refractivity contribution in [1.29, 1.82) is 0 Å². The molecule has 0 saturated heterocycles. The van der Waals surface area contributed by atoms with Crippen LogP contribution in [0.15, 0.2) is 36.5 Å². The van der Waals surface area contributed by atoms with Gasteiger partial charge in [0.2, 0.25) is 5.88 Å². The third-order valence-corrected chi connectivity index (χ3v) is 2.87. The van der Waals surface area contributed by atoms with Crippen LogP contribution in [-0.4, -0.2) is 22.3 Å². The lowest BCUT2D eigenvalue weighted by Crippen LogP contribution is -1.99. The molecule has 1 aromatic carbocycles. The van der Waals surface area contributed by atoms with Crippen LogP contribution in [0.1, 0.15) is 24.2 Å². The Kier molecular flexibility index (Phi) is 4.55. The molecule has 0 fully saturated rings. The summed E-state index contributed by atoms with van der Waals surface area (Å²) < 4.78 is 10.9. The van der Waals surface area contributed by atoms with Crippen LogP contribution in [0.4, 0.5) is 0 Å². The predicted molar refractivity (Wildman–Crippen MR) is 73.9 cm³/mol. The number of hydrogen-bond donors (Lipinski definition) is 2. The number of methoxy groups -OCH3 is 1. The zero-order chi connectivity index (χ0) is 14.5. The van der Waals surface area contributed by atoms with Crippen molar-refractivity contribution in [2.24, 2.45) is 0 Å². The second-order valence-electron chi connectivity index (χ2n) is 4.32. The first-order valence-corrected chi connectivity index (χ1v) is 6.24. The minimum atomic E-state index is -0.679. The molecule has 0 aliphatic heterocycles. The normalized spacial score (nSPS) is 12.0. The van der Waals surface area contributed by atoms with Crippen LogP contribution < -0.4 is 9.47 Å². The smallest absolute Gasteiger partial charge is 0.225 e. The highest BCUT2D eigenvalue weighted by Gasteiger charge is 2.13. The molecule has 2 N–H and O–H groups in total. The number of rotatable bonds is 5. The number of aromatic nitrogens is 1. The highest BCUT2D eigenvalue weighted by molar-refractivity contribution is 5.45. The first-order chi connectivity index (χ1) is 9.65. The van der Waals surface area contributed by atoms with Crippen LogP contribution in [0.3, 0.4) is 0 Å². The summed E-state index contributed by atoms with van der Waals surface area (Å²) in [7, 11) is 1.53. The SMILES string of the molecule is COc1cc(CO)ccc1Oc1ncccc1[C@H](C)O. The Labute approximate surface area is 117 Å². The molecule has 5 heteroatoms. The van der Waals surface area contributed by atoms with Crippen LogP contribution in [-0.2, 0) is 6.61 Å². The fourth-order valence-electron chi connectivity index (χ4n) is 1.81. The van der Waals surface area contributed by atoms with Gasteiger partial charge in [0.25, 0.3) is 0 Å². The topological polar surface area (TPSA) is 71.8 Å². The van der Waals surface area contributed by atoms with Crippen molar-refractivity contribution in [3.05, 3.63) is 47.7 Å². The Bertz CT molecular complexity index is 584. The lowest BCUT2D eigenvalue weighted by molar-refractivity contribution is 0.194. The highest BCUT2D eigenvalue weighted by Crippen LogP contribution is 2.34. The number of hydrogen-bond acceptors (Lipinski definition) is 5. The van der Waals surface area contributed by atoms with Gasteiger partial charge in [0.15, 0.2) is 11.5 Å². The summed E-state index contributed by atoms with van der Waals surface area (Å²) in [5.74, 6) is 1.31. The van der Waals surface area contributed by atoms with Crippen LogP contribution in [0, 0.1) is 0 Å². The van der Waals surface area contributed by atoms with Gasteiger partial charge in [-0.25, -0.2) is 4.98 Å². The first kappa shape index (κ1) is 14.3. The molecule has 5 nitrogen and oxygen atoms in total. The summed E-state index contributed by atoms with van der Waals surface area (Å²) >= 11 is 0. The van der Waals surface area contributed by atoms with Gasteiger partial charge in [-0.1, -0.05) is 6.07 Å². The van der Waals surface area contributed by atoms with Gasteiger partial charge < -0.3 is 19.7 Å². The van der Waals surface area contributed by atoms with Crippen molar-refractivity contribution >= 4 is 0 Å². The van der Waals surface area contributed by atoms with E-state index < -0.39 is 6.10 Å². The summed E-state index contributed by atoms with van der Waals surface area (Å²) in [6.07, 6.45) is 0.914. The van der Waals surface area contributed by atoms with Gasteiger partial charge in [-0.05, 0) is 36.8 Å². The molecule has 0 spiro atoms. The van der Waals surface area contributed by atoms with Gasteiger partial charge in [-0.3, -0.25) is 0 Å². The van der Waals surface area contributed by atoms with Gasteiger partial charge >= 0.3 is 0 Å². The maximum atomic E-state index is 9.71. The minimum absolute atomic E-state index is 0.0703. The average Bonchev–Trinajstić information content (AvgIpc) is 2.48. The standard InChI is InChI=1S/C15H17NO4/c1-10(18)12-4-3-7-16-15(12)20-13-6-5-11(9-17)8-14(13)19-2/h3-8,10,17-18H,9H2,1-2H3/t10-/m0/s1. The number of nitrogens with zero attached hydrogens (tertiary/aromatic N) is 1. The third kappa shape index (κ3) is 3.07. The quantitative estimate of drug-likeness (QED) is 0.876. The molecule has 0 aliphatic rings. The molecule has 2 rings (SSSR count). The molecule has 0 aliphatic carbocycles. The van der Waals surface area contributed by atoms with Gasteiger partial charge in [-0.2, -0.15) is 0 Å². The maximum Gasteiger partial charge on any atom is 0.225 e. The van der Waals surface area contributed by atoms with E-state index >= 15 is 0 Å². The van der Waals surface area contributed by atoms with E-state index in [1.165, 1.54) is 7.11 Å². The summed E-state index contributed by atoms with van der Waals surface area (Å²) in [5, 5.41) is 18.8. The van der Waals surface area contributed by atoms with Crippen molar-refractivity contribution in [2.75, 3.05) is 7.11 Å². The van der Waals surface area contributed by atoms with E-state index in [1.54, 1.807) is 43.5 Å². The van der Waals surface area contributed by atoms with Crippen molar-refractivity contribution in [3.63, 3.8) is 0 Å². The number of ether oxygens (including phenoxy) is 2. The van der Waals surface area contributed by atoms with E-state index in [4.69, 9.17) is 14.6 Å². The molecule has 0 unspecified atom stereocenters. The van der Waals surface area contributed by atoms with E-state index in [0.29, 0.717) is 22.9 Å². The van der Waals surface area contributed by atoms with E-state index in [0.717, 1.165) is 5.56 Å². The van der Waals surface area contributed by atoms with Crippen molar-refractivity contribution in [2.45, 2.75) is 19.6 Å². The Balaban J connectivity index is 2.35. The van der Waals surface area contributed by atoms with Crippen LogP contribution in [0.25, 0.3) is 0 Å². The van der Waals surface area contributed by atoms with E-state index in [1.807, 2.05) is 0 Å². The number of aliphatic hydroxyl groups excluding tert-OH is 2. The lowest BCUT2D eigenvalue weighted by atomic mass is 10.2. The maximum absolute atomic E-state index is 9.71. The molecule has 0 amide bonds. The average molecular weight is 275 g/mol. The first-order valence-electron chi connectivity index (χ1n) is 6.24. The Morgan fingerprint density at radius 1 is 1.25 bits per heavy atom. The predicted octanol–water partition coefficient (Wildman–Crippen LogP) is 2.43. The number of pyridine rings is 1. The molecule has 0 saturated carbocycles. The Morgan fingerprint density at radius 2 is 2.05 bits per heavy atom. The zero-order valence-electron chi connectivity index (χ0n) is 11.4. The van der Waals surface area contributed by atoms with Crippen LogP contribution >= 0.6 is 0 Å². The molecule has 106 valence electrons. The molecule has 20 heavy (non-hydrogen) atoms. The van der Waals surface area contributed by atoms with Gasteiger partial charge in [0, 0.05) is 11.8 Å². The molecule has 0 bridgehead atoms. The third-order valence-electron chi connectivity index (χ3n) is 2.87. The summed E-state index contributed by atoms with van der Waals surface area (Å²) in [4.78, 5) is 4.13. The van der Waals surface area contributed by atoms with E-state index in [2.05, 4.69) is 4.98 Å². The lowest BCUT2D eigenvalue weighted by Gasteiger charge is -2.14. The second kappa shape index (κ2) is 6.36. The van der Waals surface area contributed by atoms with Crippen LogP contribution in [0.2, 0.25) is 0 Å². The molecule has 2 aromatic rings. The van der Waals surface area contributed by atoms with Gasteiger partial charge in [0.1, 0.15) is 0 Å². The Morgan fingerprint density at radius 3 is 2.70 bits per heavy atom. The second-order valence-corrected chi connectivity index (χ2v) is 4.32. The van der Waals surface area contributed by atoms with Gasteiger partial charge in [-0.15, -0.1) is 0 Å². The van der Waals surface area contributed by atoms with E-state index in [9.17, 15) is 5.11 Å². The molecule has 1 heterocycles. The van der Waals surface area contributed by atoms with Crippen LogP contribution in [0.5, 0.6) is 17.4 Å². The Hall–Kier alpha value is -2.11.